The summed E-state index contributed by atoms with van der Waals surface area (Å²) in [5.41, 5.74) is 5.58. The van der Waals surface area contributed by atoms with E-state index in [4.69, 9.17) is 0 Å². The Labute approximate surface area is 179 Å². The summed E-state index contributed by atoms with van der Waals surface area (Å²) < 4.78 is 26.8. The van der Waals surface area contributed by atoms with Gasteiger partial charge in [0.2, 0.25) is 0 Å². The Balaban J connectivity index is 1.48. The number of benzene rings is 1. The lowest BCUT2D eigenvalue weighted by Gasteiger charge is -2.17. The average molecular weight is 445 g/mol. The highest BCUT2D eigenvalue weighted by molar-refractivity contribution is 7.91. The molecular formula is C21H24N4O3S2. The van der Waals surface area contributed by atoms with Gasteiger partial charge in [-0.1, -0.05) is 17.4 Å². The van der Waals surface area contributed by atoms with Crippen molar-refractivity contribution in [2.45, 2.75) is 52.0 Å². The third kappa shape index (κ3) is 3.43. The number of anilines is 1. The fourth-order valence-corrected chi connectivity index (χ4v) is 7.39. The first-order chi connectivity index (χ1) is 14.3. The van der Waals surface area contributed by atoms with Crippen LogP contribution >= 0.6 is 11.3 Å². The van der Waals surface area contributed by atoms with Gasteiger partial charge >= 0.3 is 0 Å². The van der Waals surface area contributed by atoms with Crippen LogP contribution in [0, 0.1) is 13.8 Å². The monoisotopic (exact) mass is 444 g/mol. The van der Waals surface area contributed by atoms with Crippen molar-refractivity contribution >= 4 is 42.4 Å². The molecule has 3 aromatic rings. The molecule has 3 heterocycles. The molecule has 9 heteroatoms. The van der Waals surface area contributed by atoms with Gasteiger partial charge in [-0.05, 0) is 63.1 Å². The van der Waals surface area contributed by atoms with E-state index in [0.717, 1.165) is 52.7 Å². The molecule has 1 saturated heterocycles. The minimum Gasteiger partial charge on any atom is -0.296 e. The summed E-state index contributed by atoms with van der Waals surface area (Å²) in [5.74, 6) is 0.0398. The van der Waals surface area contributed by atoms with E-state index < -0.39 is 9.84 Å². The molecule has 7 nitrogen and oxygen atoms in total. The van der Waals surface area contributed by atoms with Crippen molar-refractivity contribution in [2.75, 3.05) is 16.8 Å². The summed E-state index contributed by atoms with van der Waals surface area (Å²) in [6, 6.07) is 3.99. The summed E-state index contributed by atoms with van der Waals surface area (Å²) in [7, 11) is -3.02. The van der Waals surface area contributed by atoms with Crippen LogP contribution in [0.25, 0.3) is 10.2 Å². The minimum absolute atomic E-state index is 0.110. The van der Waals surface area contributed by atoms with Crippen molar-refractivity contribution in [2.24, 2.45) is 0 Å². The summed E-state index contributed by atoms with van der Waals surface area (Å²) in [6.07, 6.45) is 4.26. The lowest BCUT2D eigenvalue weighted by atomic mass is 9.95. The molecule has 1 aromatic carbocycles. The van der Waals surface area contributed by atoms with Crippen LogP contribution < -0.4 is 5.32 Å². The highest BCUT2D eigenvalue weighted by Gasteiger charge is 2.34. The van der Waals surface area contributed by atoms with E-state index in [1.807, 2.05) is 18.5 Å². The normalized spacial score (nSPS) is 20.4. The van der Waals surface area contributed by atoms with E-state index in [1.165, 1.54) is 16.9 Å². The number of nitrogens with one attached hydrogen (secondary N) is 1. The number of rotatable bonds is 3. The van der Waals surface area contributed by atoms with Crippen LogP contribution in [0.2, 0.25) is 0 Å². The average Bonchev–Trinajstić information content (AvgIpc) is 3.36. The Morgan fingerprint density at radius 3 is 2.80 bits per heavy atom. The first-order valence-corrected chi connectivity index (χ1v) is 12.9. The van der Waals surface area contributed by atoms with Crippen molar-refractivity contribution in [1.82, 2.24) is 14.8 Å². The molecule has 30 heavy (non-hydrogen) atoms. The van der Waals surface area contributed by atoms with Gasteiger partial charge in [0.15, 0.2) is 20.7 Å². The van der Waals surface area contributed by atoms with Crippen LogP contribution in [0.3, 0.4) is 0 Å². The van der Waals surface area contributed by atoms with E-state index >= 15 is 0 Å². The third-order valence-electron chi connectivity index (χ3n) is 6.03. The quantitative estimate of drug-likeness (QED) is 0.666. The summed E-state index contributed by atoms with van der Waals surface area (Å²) in [6.45, 7) is 4.07. The molecule has 2 aromatic heterocycles. The fraction of sp³-hybridized carbons (Fsp3) is 0.476. The molecule has 0 saturated carbocycles. The molecule has 0 radical (unpaired) electrons. The van der Waals surface area contributed by atoms with Crippen molar-refractivity contribution in [3.63, 3.8) is 0 Å². The second-order valence-corrected chi connectivity index (χ2v) is 11.6. The Morgan fingerprint density at radius 2 is 2.03 bits per heavy atom. The Hall–Kier alpha value is -2.26. The van der Waals surface area contributed by atoms with E-state index in [0.29, 0.717) is 17.2 Å². The highest BCUT2D eigenvalue weighted by atomic mass is 32.2. The molecule has 5 rings (SSSR count). The number of thiazole rings is 1. The number of fused-ring (bicyclic) bond motifs is 2. The van der Waals surface area contributed by atoms with Crippen LogP contribution in [0.15, 0.2) is 12.1 Å². The predicted molar refractivity (Wildman–Crippen MR) is 118 cm³/mol. The van der Waals surface area contributed by atoms with Crippen LogP contribution in [0.5, 0.6) is 0 Å². The summed E-state index contributed by atoms with van der Waals surface area (Å²) in [4.78, 5) is 17.7. The van der Waals surface area contributed by atoms with E-state index in [-0.39, 0.29) is 23.5 Å². The van der Waals surface area contributed by atoms with Gasteiger partial charge in [0.05, 0.1) is 27.8 Å². The van der Waals surface area contributed by atoms with Crippen LogP contribution in [0.1, 0.15) is 58.2 Å². The van der Waals surface area contributed by atoms with E-state index in [2.05, 4.69) is 27.5 Å². The SMILES string of the molecule is Cc1cc(C)c2nc(NC(=O)c3nn([C@@H]4CCS(=O)(=O)C4)c4c3CCCC4)sc2c1. The van der Waals surface area contributed by atoms with Crippen molar-refractivity contribution in [3.8, 4) is 0 Å². The third-order valence-corrected chi connectivity index (χ3v) is 8.70. The molecule has 0 bridgehead atoms. The molecule has 0 spiro atoms. The van der Waals surface area contributed by atoms with Crippen molar-refractivity contribution in [1.29, 1.82) is 0 Å². The Kier molecular flexibility index (Phi) is 4.70. The zero-order chi connectivity index (χ0) is 21.0. The van der Waals surface area contributed by atoms with Gasteiger partial charge in [0.25, 0.3) is 5.91 Å². The molecular weight excluding hydrogens is 420 g/mol. The molecule has 1 aliphatic carbocycles. The topological polar surface area (TPSA) is 93.9 Å². The molecule has 1 atom stereocenters. The number of hydrogen-bond acceptors (Lipinski definition) is 6. The number of aryl methyl sites for hydroxylation is 2. The standard InChI is InChI=1S/C21H24N4O3S2/c1-12-9-13(2)18-17(10-12)29-21(22-18)23-20(26)19-15-5-3-4-6-16(15)25(24-19)14-7-8-30(27,28)11-14/h9-10,14H,3-8,11H2,1-2H3,(H,22,23,26)/t14-/m1/s1. The summed E-state index contributed by atoms with van der Waals surface area (Å²) in [5, 5.41) is 8.14. The van der Waals surface area contributed by atoms with Crippen LogP contribution in [-0.2, 0) is 22.7 Å². The second-order valence-electron chi connectivity index (χ2n) is 8.38. The van der Waals surface area contributed by atoms with Gasteiger partial charge in [-0.25, -0.2) is 13.4 Å². The maximum absolute atomic E-state index is 13.1. The number of hydrogen-bond donors (Lipinski definition) is 1. The van der Waals surface area contributed by atoms with Gasteiger partial charge in [-0.2, -0.15) is 5.10 Å². The van der Waals surface area contributed by atoms with Gasteiger partial charge in [0.1, 0.15) is 0 Å². The largest absolute Gasteiger partial charge is 0.296 e. The summed E-state index contributed by atoms with van der Waals surface area (Å²) >= 11 is 1.46. The van der Waals surface area contributed by atoms with Gasteiger partial charge in [-0.15, -0.1) is 0 Å². The van der Waals surface area contributed by atoms with Gasteiger partial charge in [0, 0.05) is 11.3 Å². The maximum atomic E-state index is 13.1. The molecule has 2 aliphatic rings. The zero-order valence-electron chi connectivity index (χ0n) is 17.1. The van der Waals surface area contributed by atoms with Crippen LogP contribution in [-0.4, -0.2) is 40.6 Å². The lowest BCUT2D eigenvalue weighted by molar-refractivity contribution is 0.102. The number of aromatic nitrogens is 3. The number of sulfone groups is 1. The number of carbonyl (C=O) groups is 1. The molecule has 1 N–H and O–H groups in total. The molecule has 1 fully saturated rings. The Bertz CT molecular complexity index is 1270. The van der Waals surface area contributed by atoms with Gasteiger partial charge < -0.3 is 0 Å². The molecule has 1 amide bonds. The highest BCUT2D eigenvalue weighted by Crippen LogP contribution is 2.33. The second kappa shape index (κ2) is 7.16. The van der Waals surface area contributed by atoms with E-state index in [9.17, 15) is 13.2 Å². The first-order valence-electron chi connectivity index (χ1n) is 10.3. The number of amides is 1. The van der Waals surface area contributed by atoms with E-state index in [1.54, 1.807) is 0 Å². The predicted octanol–water partition coefficient (Wildman–Crippen LogP) is 3.60. The minimum atomic E-state index is -3.02. The Morgan fingerprint density at radius 1 is 1.23 bits per heavy atom. The molecule has 158 valence electrons. The van der Waals surface area contributed by atoms with Crippen molar-refractivity contribution in [3.05, 3.63) is 40.2 Å². The molecule has 0 unspecified atom stereocenters. The lowest BCUT2D eigenvalue weighted by Crippen LogP contribution is -2.17. The zero-order valence-corrected chi connectivity index (χ0v) is 18.7. The first kappa shape index (κ1) is 19.7. The number of nitrogens with zero attached hydrogens (tertiary/aromatic N) is 3. The van der Waals surface area contributed by atoms with Crippen molar-refractivity contribution < 1.29 is 13.2 Å². The van der Waals surface area contributed by atoms with Gasteiger partial charge in [-0.3, -0.25) is 14.8 Å². The van der Waals surface area contributed by atoms with Crippen LogP contribution in [0.4, 0.5) is 5.13 Å². The fourth-order valence-electron chi connectivity index (χ4n) is 4.66. The maximum Gasteiger partial charge on any atom is 0.278 e. The number of carbonyl (C=O) groups excluding carboxylic acids is 1. The molecule has 1 aliphatic heterocycles. The smallest absolute Gasteiger partial charge is 0.278 e.